The first-order valence-corrected chi connectivity index (χ1v) is 6.08. The van der Waals surface area contributed by atoms with Crippen LogP contribution in [0.1, 0.15) is 12.8 Å². The van der Waals surface area contributed by atoms with E-state index in [9.17, 15) is 4.79 Å². The number of hydrogen-bond donors (Lipinski definition) is 1. The summed E-state index contributed by atoms with van der Waals surface area (Å²) in [6, 6.07) is 8.09. The molecular formula is C14H18N2O2. The number of benzene rings is 1. The van der Waals surface area contributed by atoms with Gasteiger partial charge >= 0.3 is 0 Å². The molecule has 0 aliphatic carbocycles. The van der Waals surface area contributed by atoms with Gasteiger partial charge < -0.3 is 14.6 Å². The highest BCUT2D eigenvalue weighted by molar-refractivity contribution is 5.81. The molecule has 0 spiro atoms. The Labute approximate surface area is 107 Å². The van der Waals surface area contributed by atoms with Gasteiger partial charge in [-0.1, -0.05) is 0 Å². The molecule has 0 saturated carbocycles. The van der Waals surface area contributed by atoms with Crippen LogP contribution in [0.3, 0.4) is 0 Å². The largest absolute Gasteiger partial charge is 0.497 e. The first-order chi connectivity index (χ1) is 8.74. The number of nitrogens with one attached hydrogen (secondary N) is 1. The fraction of sp³-hybridized carbons (Fsp3) is 0.357. The summed E-state index contributed by atoms with van der Waals surface area (Å²) in [7, 11) is 3.33. The summed E-state index contributed by atoms with van der Waals surface area (Å²) in [5.74, 6) is 0.957. The summed E-state index contributed by atoms with van der Waals surface area (Å²) in [6.45, 7) is 0.850. The van der Waals surface area contributed by atoms with Crippen LogP contribution in [-0.4, -0.2) is 24.6 Å². The Hall–Kier alpha value is -1.97. The minimum Gasteiger partial charge on any atom is -0.497 e. The van der Waals surface area contributed by atoms with E-state index in [-0.39, 0.29) is 5.91 Å². The van der Waals surface area contributed by atoms with Gasteiger partial charge in [0.05, 0.1) is 7.11 Å². The number of fused-ring (bicyclic) bond motifs is 1. The van der Waals surface area contributed by atoms with E-state index in [1.807, 2.05) is 24.4 Å². The smallest absolute Gasteiger partial charge is 0.219 e. The summed E-state index contributed by atoms with van der Waals surface area (Å²) < 4.78 is 7.36. The minimum absolute atomic E-state index is 0.0909. The lowest BCUT2D eigenvalue weighted by atomic mass is 10.2. The molecule has 0 unspecified atom stereocenters. The Morgan fingerprint density at radius 1 is 1.39 bits per heavy atom. The molecule has 2 aromatic rings. The highest BCUT2D eigenvalue weighted by Crippen LogP contribution is 2.22. The van der Waals surface area contributed by atoms with Crippen molar-refractivity contribution in [3.05, 3.63) is 30.5 Å². The normalized spacial score (nSPS) is 10.6. The number of amides is 1. The van der Waals surface area contributed by atoms with Gasteiger partial charge in [0.2, 0.25) is 5.91 Å². The number of aryl methyl sites for hydroxylation is 1. The summed E-state index contributed by atoms with van der Waals surface area (Å²) in [5, 5.41) is 3.79. The molecule has 4 nitrogen and oxygen atoms in total. The van der Waals surface area contributed by atoms with Gasteiger partial charge in [-0.25, -0.2) is 0 Å². The first-order valence-electron chi connectivity index (χ1n) is 6.08. The zero-order chi connectivity index (χ0) is 13.0. The van der Waals surface area contributed by atoms with E-state index < -0.39 is 0 Å². The molecular weight excluding hydrogens is 228 g/mol. The molecule has 0 saturated heterocycles. The van der Waals surface area contributed by atoms with Gasteiger partial charge in [-0.3, -0.25) is 4.79 Å². The molecule has 1 heterocycles. The Balaban J connectivity index is 2.07. The van der Waals surface area contributed by atoms with Crippen LogP contribution in [0, 0.1) is 0 Å². The Morgan fingerprint density at radius 3 is 2.94 bits per heavy atom. The zero-order valence-electron chi connectivity index (χ0n) is 10.8. The van der Waals surface area contributed by atoms with Crippen LogP contribution in [0.4, 0.5) is 0 Å². The number of aromatic nitrogens is 1. The van der Waals surface area contributed by atoms with Crippen molar-refractivity contribution < 1.29 is 9.53 Å². The highest BCUT2D eigenvalue weighted by Gasteiger charge is 2.03. The number of rotatable bonds is 5. The van der Waals surface area contributed by atoms with Gasteiger partial charge in [0, 0.05) is 37.1 Å². The molecule has 1 N–H and O–H groups in total. The standard InChI is InChI=1S/C14H18N2O2/c1-15-14(17)4-3-8-16-9-7-11-10-12(18-2)5-6-13(11)16/h5-7,9-10H,3-4,8H2,1-2H3,(H,15,17). The Kier molecular flexibility index (Phi) is 3.87. The molecule has 18 heavy (non-hydrogen) atoms. The molecule has 1 amide bonds. The molecule has 0 radical (unpaired) electrons. The van der Waals surface area contributed by atoms with Crippen LogP contribution in [0.15, 0.2) is 30.5 Å². The average molecular weight is 246 g/mol. The molecule has 96 valence electrons. The number of carbonyl (C=O) groups is 1. The molecule has 1 aromatic carbocycles. The van der Waals surface area contributed by atoms with E-state index in [1.54, 1.807) is 14.2 Å². The number of carbonyl (C=O) groups excluding carboxylic acids is 1. The van der Waals surface area contributed by atoms with Gasteiger partial charge in [0.25, 0.3) is 0 Å². The van der Waals surface area contributed by atoms with E-state index in [0.29, 0.717) is 6.42 Å². The second-order valence-electron chi connectivity index (χ2n) is 4.21. The van der Waals surface area contributed by atoms with Crippen LogP contribution in [0.2, 0.25) is 0 Å². The fourth-order valence-electron chi connectivity index (χ4n) is 2.04. The Morgan fingerprint density at radius 2 is 2.22 bits per heavy atom. The second-order valence-corrected chi connectivity index (χ2v) is 4.21. The van der Waals surface area contributed by atoms with Crippen LogP contribution in [-0.2, 0) is 11.3 Å². The van der Waals surface area contributed by atoms with Crippen molar-refractivity contribution in [2.24, 2.45) is 0 Å². The van der Waals surface area contributed by atoms with Crippen molar-refractivity contribution in [3.8, 4) is 5.75 Å². The van der Waals surface area contributed by atoms with E-state index in [0.717, 1.165) is 24.1 Å². The molecule has 0 fully saturated rings. The molecule has 4 heteroatoms. The molecule has 0 aliphatic rings. The highest BCUT2D eigenvalue weighted by atomic mass is 16.5. The van der Waals surface area contributed by atoms with E-state index in [4.69, 9.17) is 4.74 Å². The lowest BCUT2D eigenvalue weighted by molar-refractivity contribution is -0.120. The third-order valence-corrected chi connectivity index (χ3v) is 3.06. The van der Waals surface area contributed by atoms with Gasteiger partial charge in [-0.15, -0.1) is 0 Å². The van der Waals surface area contributed by atoms with Crippen LogP contribution in [0.25, 0.3) is 10.9 Å². The van der Waals surface area contributed by atoms with E-state index in [2.05, 4.69) is 16.0 Å². The van der Waals surface area contributed by atoms with E-state index in [1.165, 1.54) is 5.52 Å². The third-order valence-electron chi connectivity index (χ3n) is 3.06. The van der Waals surface area contributed by atoms with Crippen molar-refractivity contribution in [2.75, 3.05) is 14.2 Å². The van der Waals surface area contributed by atoms with E-state index >= 15 is 0 Å². The summed E-state index contributed by atoms with van der Waals surface area (Å²) >= 11 is 0. The maximum atomic E-state index is 11.2. The number of methoxy groups -OCH3 is 1. The molecule has 0 aliphatic heterocycles. The van der Waals surface area contributed by atoms with Crippen molar-refractivity contribution in [3.63, 3.8) is 0 Å². The molecule has 2 rings (SSSR count). The second kappa shape index (κ2) is 5.58. The van der Waals surface area contributed by atoms with Crippen molar-refractivity contribution in [2.45, 2.75) is 19.4 Å². The predicted octanol–water partition coefficient (Wildman–Crippen LogP) is 2.18. The van der Waals surface area contributed by atoms with Crippen molar-refractivity contribution in [1.82, 2.24) is 9.88 Å². The predicted molar refractivity (Wildman–Crippen MR) is 71.8 cm³/mol. The topological polar surface area (TPSA) is 43.3 Å². The number of ether oxygens (including phenoxy) is 1. The lowest BCUT2D eigenvalue weighted by Gasteiger charge is -2.06. The Bertz CT molecular complexity index is 546. The lowest BCUT2D eigenvalue weighted by Crippen LogP contribution is -2.17. The van der Waals surface area contributed by atoms with Crippen LogP contribution in [0.5, 0.6) is 5.75 Å². The number of hydrogen-bond acceptors (Lipinski definition) is 2. The maximum absolute atomic E-state index is 11.2. The molecule has 0 bridgehead atoms. The third kappa shape index (κ3) is 2.64. The van der Waals surface area contributed by atoms with Crippen molar-refractivity contribution in [1.29, 1.82) is 0 Å². The SMILES string of the molecule is CNC(=O)CCCn1ccc2cc(OC)ccc21. The van der Waals surface area contributed by atoms with Crippen molar-refractivity contribution >= 4 is 16.8 Å². The van der Waals surface area contributed by atoms with Gasteiger partial charge in [-0.2, -0.15) is 0 Å². The zero-order valence-corrected chi connectivity index (χ0v) is 10.8. The monoisotopic (exact) mass is 246 g/mol. The summed E-state index contributed by atoms with van der Waals surface area (Å²) in [4.78, 5) is 11.2. The van der Waals surface area contributed by atoms with Crippen LogP contribution >= 0.6 is 0 Å². The minimum atomic E-state index is 0.0909. The van der Waals surface area contributed by atoms with Crippen LogP contribution < -0.4 is 10.1 Å². The summed E-state index contributed by atoms with van der Waals surface area (Å²) in [6.07, 6.45) is 3.45. The quantitative estimate of drug-likeness (QED) is 0.878. The van der Waals surface area contributed by atoms with Gasteiger partial charge in [-0.05, 0) is 30.7 Å². The molecule has 1 aromatic heterocycles. The maximum Gasteiger partial charge on any atom is 0.219 e. The summed E-state index contributed by atoms with van der Waals surface area (Å²) in [5.41, 5.74) is 1.17. The van der Waals surface area contributed by atoms with Gasteiger partial charge in [0.15, 0.2) is 0 Å². The molecule has 0 atom stereocenters. The average Bonchev–Trinajstić information content (AvgIpc) is 2.81. The first kappa shape index (κ1) is 12.5. The fourth-order valence-corrected chi connectivity index (χ4v) is 2.04. The van der Waals surface area contributed by atoms with Gasteiger partial charge in [0.1, 0.15) is 5.75 Å². The number of nitrogens with zero attached hydrogens (tertiary/aromatic N) is 1.